The molecule has 1 unspecified atom stereocenters. The zero-order valence-electron chi connectivity index (χ0n) is 16.1. The zero-order chi connectivity index (χ0) is 18.6. The molecule has 2 saturated heterocycles. The van der Waals surface area contributed by atoms with E-state index in [1.807, 2.05) is 20.3 Å². The van der Waals surface area contributed by atoms with E-state index in [2.05, 4.69) is 55.3 Å². The number of aromatic nitrogens is 2. The van der Waals surface area contributed by atoms with E-state index in [0.717, 1.165) is 63.2 Å². The van der Waals surface area contributed by atoms with Crippen LogP contribution in [0.1, 0.15) is 11.7 Å². The monoisotopic (exact) mass is 368 g/mol. The standard InChI is InChI=1S/C20H28N6O/c1-24(2)19-17(18-15-21-8-13-27-18)14-22-20(23-19)26-11-9-25(10-12-26)16-6-4-3-5-7-16/h3-7,14,18,21H,8-13,15H2,1-2H3. The number of hydrogen-bond acceptors (Lipinski definition) is 7. The van der Waals surface area contributed by atoms with Gasteiger partial charge in [-0.3, -0.25) is 0 Å². The van der Waals surface area contributed by atoms with Crippen molar-refractivity contribution < 1.29 is 4.74 Å². The Morgan fingerprint density at radius 1 is 1.07 bits per heavy atom. The van der Waals surface area contributed by atoms with Gasteiger partial charge in [0.1, 0.15) is 11.9 Å². The largest absolute Gasteiger partial charge is 0.371 e. The summed E-state index contributed by atoms with van der Waals surface area (Å²) in [5, 5.41) is 3.38. The molecule has 0 radical (unpaired) electrons. The topological polar surface area (TPSA) is 56.8 Å². The molecular weight excluding hydrogens is 340 g/mol. The van der Waals surface area contributed by atoms with Crippen molar-refractivity contribution in [3.8, 4) is 0 Å². The summed E-state index contributed by atoms with van der Waals surface area (Å²) in [7, 11) is 4.05. The van der Waals surface area contributed by atoms with E-state index in [-0.39, 0.29) is 6.10 Å². The molecule has 1 aromatic carbocycles. The van der Waals surface area contributed by atoms with Crippen molar-refractivity contribution in [3.05, 3.63) is 42.1 Å². The average Bonchev–Trinajstić information content (AvgIpc) is 2.75. The quantitative estimate of drug-likeness (QED) is 0.878. The lowest BCUT2D eigenvalue weighted by atomic mass is 10.1. The average molecular weight is 368 g/mol. The van der Waals surface area contributed by atoms with Gasteiger partial charge in [-0.05, 0) is 12.1 Å². The Kier molecular flexibility index (Phi) is 5.40. The van der Waals surface area contributed by atoms with Crippen LogP contribution in [0, 0.1) is 0 Å². The number of morpholine rings is 1. The van der Waals surface area contributed by atoms with Gasteiger partial charge in [-0.1, -0.05) is 18.2 Å². The van der Waals surface area contributed by atoms with E-state index in [1.165, 1.54) is 5.69 Å². The van der Waals surface area contributed by atoms with E-state index in [4.69, 9.17) is 9.72 Å². The van der Waals surface area contributed by atoms with Gasteiger partial charge in [-0.2, -0.15) is 4.98 Å². The molecule has 7 heteroatoms. The van der Waals surface area contributed by atoms with E-state index >= 15 is 0 Å². The highest BCUT2D eigenvalue weighted by atomic mass is 16.5. The summed E-state index contributed by atoms with van der Waals surface area (Å²) in [6, 6.07) is 10.6. The lowest BCUT2D eigenvalue weighted by Gasteiger charge is -2.36. The Labute approximate surface area is 161 Å². The molecule has 27 heavy (non-hydrogen) atoms. The molecule has 1 aromatic heterocycles. The maximum atomic E-state index is 5.91. The SMILES string of the molecule is CN(C)c1nc(N2CCN(c3ccccc3)CC2)ncc1C1CNCCO1. The number of nitrogens with zero attached hydrogens (tertiary/aromatic N) is 5. The van der Waals surface area contributed by atoms with Crippen molar-refractivity contribution in [3.63, 3.8) is 0 Å². The number of benzene rings is 1. The molecule has 0 aliphatic carbocycles. The Morgan fingerprint density at radius 2 is 1.81 bits per heavy atom. The van der Waals surface area contributed by atoms with E-state index in [1.54, 1.807) is 0 Å². The van der Waals surface area contributed by atoms with Crippen LogP contribution in [-0.4, -0.2) is 69.9 Å². The van der Waals surface area contributed by atoms with Gasteiger partial charge in [0.15, 0.2) is 0 Å². The summed E-state index contributed by atoms with van der Waals surface area (Å²) in [6.45, 7) is 6.22. The second-order valence-corrected chi connectivity index (χ2v) is 7.22. The molecule has 4 rings (SSSR count). The smallest absolute Gasteiger partial charge is 0.227 e. The minimum Gasteiger partial charge on any atom is -0.371 e. The highest BCUT2D eigenvalue weighted by Gasteiger charge is 2.24. The van der Waals surface area contributed by atoms with Gasteiger partial charge in [0.2, 0.25) is 5.95 Å². The zero-order valence-corrected chi connectivity index (χ0v) is 16.1. The molecule has 2 fully saturated rings. The van der Waals surface area contributed by atoms with Crippen molar-refractivity contribution in [2.45, 2.75) is 6.10 Å². The van der Waals surface area contributed by atoms with Crippen LogP contribution in [0.4, 0.5) is 17.5 Å². The molecule has 0 amide bonds. The van der Waals surface area contributed by atoms with Crippen molar-refractivity contribution in [2.24, 2.45) is 0 Å². The molecule has 144 valence electrons. The van der Waals surface area contributed by atoms with Crippen LogP contribution in [0.3, 0.4) is 0 Å². The number of ether oxygens (including phenoxy) is 1. The summed E-state index contributed by atoms with van der Waals surface area (Å²) in [5.41, 5.74) is 2.34. The first-order valence-corrected chi connectivity index (χ1v) is 9.64. The van der Waals surface area contributed by atoms with Crippen LogP contribution in [0.15, 0.2) is 36.5 Å². The third kappa shape index (κ3) is 3.99. The fourth-order valence-electron chi connectivity index (χ4n) is 3.68. The number of para-hydroxylation sites is 1. The van der Waals surface area contributed by atoms with E-state index in [9.17, 15) is 0 Å². The molecule has 3 heterocycles. The van der Waals surface area contributed by atoms with Crippen molar-refractivity contribution in [1.82, 2.24) is 15.3 Å². The molecule has 1 atom stereocenters. The van der Waals surface area contributed by atoms with Crippen LogP contribution in [-0.2, 0) is 4.74 Å². The summed E-state index contributed by atoms with van der Waals surface area (Å²) in [4.78, 5) is 16.3. The van der Waals surface area contributed by atoms with E-state index < -0.39 is 0 Å². The first-order valence-electron chi connectivity index (χ1n) is 9.64. The normalized spacial score (nSPS) is 20.6. The Balaban J connectivity index is 1.48. The minimum absolute atomic E-state index is 0.0140. The maximum Gasteiger partial charge on any atom is 0.227 e. The predicted molar refractivity (Wildman–Crippen MR) is 109 cm³/mol. The first-order chi connectivity index (χ1) is 13.2. The lowest BCUT2D eigenvalue weighted by molar-refractivity contribution is 0.0276. The van der Waals surface area contributed by atoms with Crippen LogP contribution >= 0.6 is 0 Å². The van der Waals surface area contributed by atoms with Crippen LogP contribution in [0.5, 0.6) is 0 Å². The summed E-state index contributed by atoms with van der Waals surface area (Å²) in [6.07, 6.45) is 1.96. The highest BCUT2D eigenvalue weighted by molar-refractivity contribution is 5.52. The minimum atomic E-state index is 0.0140. The van der Waals surface area contributed by atoms with Crippen molar-refractivity contribution in [1.29, 1.82) is 0 Å². The number of nitrogens with one attached hydrogen (secondary N) is 1. The molecular formula is C20H28N6O. The molecule has 2 aliphatic heterocycles. The Hall–Kier alpha value is -2.38. The van der Waals surface area contributed by atoms with Crippen LogP contribution < -0.4 is 20.0 Å². The fraction of sp³-hybridized carbons (Fsp3) is 0.500. The number of piperazine rings is 1. The van der Waals surface area contributed by atoms with Gasteiger partial charge in [0.05, 0.1) is 6.61 Å². The van der Waals surface area contributed by atoms with Gasteiger partial charge < -0.3 is 24.8 Å². The second-order valence-electron chi connectivity index (χ2n) is 7.22. The number of rotatable bonds is 4. The van der Waals surface area contributed by atoms with Crippen molar-refractivity contribution in [2.75, 3.05) is 74.7 Å². The van der Waals surface area contributed by atoms with E-state index in [0.29, 0.717) is 0 Å². The fourth-order valence-corrected chi connectivity index (χ4v) is 3.68. The summed E-state index contributed by atoms with van der Waals surface area (Å²) in [5.74, 6) is 1.75. The van der Waals surface area contributed by atoms with Gasteiger partial charge in [-0.15, -0.1) is 0 Å². The van der Waals surface area contributed by atoms with Crippen LogP contribution in [0.25, 0.3) is 0 Å². The molecule has 0 spiro atoms. The van der Waals surface area contributed by atoms with Crippen molar-refractivity contribution >= 4 is 17.5 Å². The lowest BCUT2D eigenvalue weighted by Crippen LogP contribution is -2.47. The number of hydrogen-bond donors (Lipinski definition) is 1. The third-order valence-corrected chi connectivity index (χ3v) is 5.17. The second kappa shape index (κ2) is 8.10. The van der Waals surface area contributed by atoms with Gasteiger partial charge >= 0.3 is 0 Å². The molecule has 7 nitrogen and oxygen atoms in total. The highest BCUT2D eigenvalue weighted by Crippen LogP contribution is 2.28. The summed E-state index contributed by atoms with van der Waals surface area (Å²) >= 11 is 0. The van der Waals surface area contributed by atoms with Crippen LogP contribution in [0.2, 0.25) is 0 Å². The molecule has 0 bridgehead atoms. The number of anilines is 3. The maximum absolute atomic E-state index is 5.91. The molecule has 0 saturated carbocycles. The summed E-state index contributed by atoms with van der Waals surface area (Å²) < 4.78 is 5.91. The Bertz CT molecular complexity index is 739. The van der Waals surface area contributed by atoms with Gasteiger partial charge in [-0.25, -0.2) is 4.98 Å². The molecule has 2 aliphatic rings. The third-order valence-electron chi connectivity index (χ3n) is 5.17. The first kappa shape index (κ1) is 18.0. The molecule has 1 N–H and O–H groups in total. The van der Waals surface area contributed by atoms with Gasteiger partial charge in [0.25, 0.3) is 0 Å². The molecule has 2 aromatic rings. The van der Waals surface area contributed by atoms with Gasteiger partial charge in [0, 0.05) is 70.8 Å². The predicted octanol–water partition coefficient (Wildman–Crippen LogP) is 1.53. The Morgan fingerprint density at radius 3 is 2.48 bits per heavy atom.